The maximum Gasteiger partial charge on any atom is 0.344 e. The third-order valence-electron chi connectivity index (χ3n) is 2.30. The number of hydrogen-bond acceptors (Lipinski definition) is 5. The van der Waals surface area contributed by atoms with Crippen LogP contribution in [0, 0.1) is 0 Å². The average molecular weight is 280 g/mol. The molecule has 0 saturated heterocycles. The molecule has 1 aromatic rings. The molecular weight excluding hydrogens is 260 g/mol. The SMILES string of the molecule is CCOC(=O)COc1ccc(CC(=O)OC(C)C)cc1. The van der Waals surface area contributed by atoms with Crippen LogP contribution in [-0.4, -0.2) is 31.3 Å². The minimum Gasteiger partial charge on any atom is -0.482 e. The number of ether oxygens (including phenoxy) is 3. The molecule has 0 radical (unpaired) electrons. The van der Waals surface area contributed by atoms with E-state index in [-0.39, 0.29) is 25.1 Å². The number of benzene rings is 1. The lowest BCUT2D eigenvalue weighted by Gasteiger charge is -2.09. The molecule has 0 amide bonds. The van der Waals surface area contributed by atoms with E-state index < -0.39 is 5.97 Å². The Morgan fingerprint density at radius 3 is 2.30 bits per heavy atom. The molecule has 20 heavy (non-hydrogen) atoms. The lowest BCUT2D eigenvalue weighted by Crippen LogP contribution is -2.15. The second-order valence-electron chi connectivity index (χ2n) is 4.45. The van der Waals surface area contributed by atoms with Gasteiger partial charge in [-0.1, -0.05) is 12.1 Å². The number of rotatable bonds is 7. The van der Waals surface area contributed by atoms with Crippen molar-refractivity contribution in [1.29, 1.82) is 0 Å². The van der Waals surface area contributed by atoms with Gasteiger partial charge in [0.2, 0.25) is 0 Å². The summed E-state index contributed by atoms with van der Waals surface area (Å²) in [7, 11) is 0. The van der Waals surface area contributed by atoms with E-state index >= 15 is 0 Å². The van der Waals surface area contributed by atoms with Gasteiger partial charge in [0.1, 0.15) is 5.75 Å². The van der Waals surface area contributed by atoms with Gasteiger partial charge in [0.15, 0.2) is 6.61 Å². The summed E-state index contributed by atoms with van der Waals surface area (Å²) in [6.45, 7) is 5.57. The van der Waals surface area contributed by atoms with Crippen LogP contribution in [0.15, 0.2) is 24.3 Å². The van der Waals surface area contributed by atoms with Crippen molar-refractivity contribution in [3.8, 4) is 5.75 Å². The van der Waals surface area contributed by atoms with E-state index in [2.05, 4.69) is 0 Å². The molecule has 0 heterocycles. The molecule has 0 aliphatic carbocycles. The molecule has 0 N–H and O–H groups in total. The molecule has 0 aliphatic rings. The van der Waals surface area contributed by atoms with Crippen LogP contribution in [0.3, 0.4) is 0 Å². The predicted octanol–water partition coefficient (Wildman–Crippen LogP) is 2.12. The summed E-state index contributed by atoms with van der Waals surface area (Å²) in [6.07, 6.45) is 0.103. The van der Waals surface area contributed by atoms with E-state index in [0.717, 1.165) is 5.56 Å². The Hall–Kier alpha value is -2.04. The molecule has 0 aromatic heterocycles. The highest BCUT2D eigenvalue weighted by Gasteiger charge is 2.07. The Kier molecular flexibility index (Phi) is 6.56. The average Bonchev–Trinajstić information content (AvgIpc) is 2.37. The molecule has 1 aromatic carbocycles. The molecule has 0 spiro atoms. The molecule has 0 fully saturated rings. The summed E-state index contributed by atoms with van der Waals surface area (Å²) in [5, 5.41) is 0. The third kappa shape index (κ3) is 6.22. The van der Waals surface area contributed by atoms with Crippen LogP contribution in [0.25, 0.3) is 0 Å². The van der Waals surface area contributed by atoms with Crippen molar-refractivity contribution in [3.05, 3.63) is 29.8 Å². The van der Waals surface area contributed by atoms with Crippen LogP contribution in [0.1, 0.15) is 26.3 Å². The first-order chi connectivity index (χ1) is 9.51. The fourth-order valence-electron chi connectivity index (χ4n) is 1.52. The molecule has 110 valence electrons. The zero-order chi connectivity index (χ0) is 15.0. The number of carbonyl (C=O) groups is 2. The second-order valence-corrected chi connectivity index (χ2v) is 4.45. The van der Waals surface area contributed by atoms with Crippen molar-refractivity contribution in [2.24, 2.45) is 0 Å². The van der Waals surface area contributed by atoms with Gasteiger partial charge in [-0.05, 0) is 38.5 Å². The fourth-order valence-corrected chi connectivity index (χ4v) is 1.52. The summed E-state index contributed by atoms with van der Waals surface area (Å²) >= 11 is 0. The van der Waals surface area contributed by atoms with Crippen molar-refractivity contribution in [1.82, 2.24) is 0 Å². The van der Waals surface area contributed by atoms with Crippen molar-refractivity contribution < 1.29 is 23.8 Å². The molecular formula is C15H20O5. The largest absolute Gasteiger partial charge is 0.482 e. The van der Waals surface area contributed by atoms with Gasteiger partial charge in [-0.15, -0.1) is 0 Å². The minimum absolute atomic E-state index is 0.116. The van der Waals surface area contributed by atoms with Crippen molar-refractivity contribution in [2.45, 2.75) is 33.3 Å². The molecule has 0 aliphatic heterocycles. The zero-order valence-electron chi connectivity index (χ0n) is 12.0. The minimum atomic E-state index is -0.405. The zero-order valence-corrected chi connectivity index (χ0v) is 12.0. The molecule has 0 bridgehead atoms. The van der Waals surface area contributed by atoms with Gasteiger partial charge in [-0.3, -0.25) is 4.79 Å². The highest BCUT2D eigenvalue weighted by molar-refractivity contribution is 5.73. The number of carbonyl (C=O) groups excluding carboxylic acids is 2. The lowest BCUT2D eigenvalue weighted by molar-refractivity contribution is -0.147. The Morgan fingerprint density at radius 2 is 1.75 bits per heavy atom. The molecule has 1 rings (SSSR count). The topological polar surface area (TPSA) is 61.8 Å². The van der Waals surface area contributed by atoms with Gasteiger partial charge in [-0.25, -0.2) is 4.79 Å². The first-order valence-corrected chi connectivity index (χ1v) is 6.58. The maximum atomic E-state index is 11.5. The molecule has 0 atom stereocenters. The van der Waals surface area contributed by atoms with Gasteiger partial charge < -0.3 is 14.2 Å². The normalized spacial score (nSPS) is 10.2. The van der Waals surface area contributed by atoms with Gasteiger partial charge in [0, 0.05) is 0 Å². The fraction of sp³-hybridized carbons (Fsp3) is 0.467. The van der Waals surface area contributed by atoms with E-state index in [0.29, 0.717) is 12.4 Å². The number of hydrogen-bond donors (Lipinski definition) is 0. The summed E-state index contributed by atoms with van der Waals surface area (Å²) in [5.74, 6) is -0.115. The number of esters is 2. The van der Waals surface area contributed by atoms with E-state index in [4.69, 9.17) is 14.2 Å². The summed E-state index contributed by atoms with van der Waals surface area (Å²) in [4.78, 5) is 22.6. The standard InChI is InChI=1S/C15H20O5/c1-4-18-15(17)10-19-13-7-5-12(6-8-13)9-14(16)20-11(2)3/h5-8,11H,4,9-10H2,1-3H3. The quantitative estimate of drug-likeness (QED) is 0.716. The van der Waals surface area contributed by atoms with Gasteiger partial charge >= 0.3 is 11.9 Å². The predicted molar refractivity (Wildman–Crippen MR) is 73.5 cm³/mol. The first kappa shape index (κ1) is 16.0. The van der Waals surface area contributed by atoms with Gasteiger partial charge in [0.05, 0.1) is 19.1 Å². The maximum absolute atomic E-state index is 11.5. The first-order valence-electron chi connectivity index (χ1n) is 6.58. The van der Waals surface area contributed by atoms with Crippen molar-refractivity contribution in [3.63, 3.8) is 0 Å². The smallest absolute Gasteiger partial charge is 0.344 e. The Balaban J connectivity index is 2.44. The molecule has 0 saturated carbocycles. The van der Waals surface area contributed by atoms with Gasteiger partial charge in [0.25, 0.3) is 0 Å². The highest BCUT2D eigenvalue weighted by Crippen LogP contribution is 2.13. The summed E-state index contributed by atoms with van der Waals surface area (Å²) < 4.78 is 15.1. The summed E-state index contributed by atoms with van der Waals surface area (Å²) in [6, 6.07) is 6.94. The van der Waals surface area contributed by atoms with Crippen molar-refractivity contribution in [2.75, 3.05) is 13.2 Å². The van der Waals surface area contributed by atoms with E-state index in [1.807, 2.05) is 13.8 Å². The van der Waals surface area contributed by atoms with E-state index in [1.54, 1.807) is 31.2 Å². The van der Waals surface area contributed by atoms with Crippen LogP contribution < -0.4 is 4.74 Å². The highest BCUT2D eigenvalue weighted by atomic mass is 16.6. The molecule has 5 nitrogen and oxygen atoms in total. The Morgan fingerprint density at radius 1 is 1.10 bits per heavy atom. The van der Waals surface area contributed by atoms with Crippen LogP contribution in [0.2, 0.25) is 0 Å². The molecule has 0 unspecified atom stereocenters. The summed E-state index contributed by atoms with van der Waals surface area (Å²) in [5.41, 5.74) is 0.833. The van der Waals surface area contributed by atoms with E-state index in [1.165, 1.54) is 0 Å². The molecule has 5 heteroatoms. The third-order valence-corrected chi connectivity index (χ3v) is 2.30. The van der Waals surface area contributed by atoms with Crippen LogP contribution >= 0.6 is 0 Å². The van der Waals surface area contributed by atoms with Crippen LogP contribution in [-0.2, 0) is 25.5 Å². The Labute approximate surface area is 118 Å². The monoisotopic (exact) mass is 280 g/mol. The van der Waals surface area contributed by atoms with E-state index in [9.17, 15) is 9.59 Å². The van der Waals surface area contributed by atoms with Crippen LogP contribution in [0.4, 0.5) is 0 Å². The lowest BCUT2D eigenvalue weighted by atomic mass is 10.1. The van der Waals surface area contributed by atoms with Crippen molar-refractivity contribution >= 4 is 11.9 Å². The van der Waals surface area contributed by atoms with Gasteiger partial charge in [-0.2, -0.15) is 0 Å². The van der Waals surface area contributed by atoms with Crippen LogP contribution in [0.5, 0.6) is 5.75 Å². The Bertz CT molecular complexity index is 436. The second kappa shape index (κ2) is 8.19.